The molecular weight excluding hydrogens is 304 g/mol. The molecule has 0 spiro atoms. The number of aryl methyl sites for hydroxylation is 2. The summed E-state index contributed by atoms with van der Waals surface area (Å²) in [5.74, 6) is 0.561. The van der Waals surface area contributed by atoms with Crippen LogP contribution >= 0.6 is 0 Å². The zero-order valence-corrected chi connectivity index (χ0v) is 13.9. The van der Waals surface area contributed by atoms with Crippen LogP contribution in [0.4, 0.5) is 0 Å². The number of oxazole rings is 1. The van der Waals surface area contributed by atoms with Gasteiger partial charge in [-0.1, -0.05) is 30.3 Å². The summed E-state index contributed by atoms with van der Waals surface area (Å²) in [6.07, 6.45) is 4.28. The Labute approximate surface area is 141 Å². The highest BCUT2D eigenvalue weighted by Crippen LogP contribution is 2.21. The highest BCUT2D eigenvalue weighted by atomic mass is 16.3. The van der Waals surface area contributed by atoms with Crippen LogP contribution in [0.15, 0.2) is 41.1 Å². The maximum Gasteiger partial charge on any atom is 0.276 e. The molecule has 2 aromatic rings. The van der Waals surface area contributed by atoms with Gasteiger partial charge in [-0.15, -0.1) is 0 Å². The van der Waals surface area contributed by atoms with Crippen LogP contribution in [0.1, 0.15) is 41.1 Å². The van der Waals surface area contributed by atoms with Crippen LogP contribution in [-0.4, -0.2) is 34.7 Å². The first kappa shape index (κ1) is 16.4. The van der Waals surface area contributed by atoms with Gasteiger partial charge in [0.15, 0.2) is 12.1 Å². The zero-order chi connectivity index (χ0) is 16.9. The molecule has 126 valence electrons. The molecule has 5 nitrogen and oxygen atoms in total. The van der Waals surface area contributed by atoms with Crippen molar-refractivity contribution < 1.29 is 14.0 Å². The van der Waals surface area contributed by atoms with Gasteiger partial charge in [-0.2, -0.15) is 0 Å². The Bertz CT molecular complexity index is 708. The van der Waals surface area contributed by atoms with E-state index in [1.807, 2.05) is 30.3 Å². The van der Waals surface area contributed by atoms with E-state index in [0.717, 1.165) is 19.3 Å². The minimum atomic E-state index is -0.137. The number of aromatic nitrogens is 1. The molecular formula is C19H22N2O3. The Morgan fingerprint density at radius 1 is 1.29 bits per heavy atom. The van der Waals surface area contributed by atoms with Crippen molar-refractivity contribution in [1.29, 1.82) is 0 Å². The van der Waals surface area contributed by atoms with Crippen molar-refractivity contribution in [2.24, 2.45) is 5.92 Å². The quantitative estimate of drug-likeness (QED) is 0.847. The molecule has 1 amide bonds. The zero-order valence-electron chi connectivity index (χ0n) is 13.9. The van der Waals surface area contributed by atoms with Crippen molar-refractivity contribution in [2.75, 3.05) is 13.1 Å². The molecule has 1 aliphatic rings. The maximum atomic E-state index is 12.5. The van der Waals surface area contributed by atoms with Gasteiger partial charge in [-0.05, 0) is 31.7 Å². The molecule has 1 unspecified atom stereocenters. The summed E-state index contributed by atoms with van der Waals surface area (Å²) in [5, 5.41) is 0. The SMILES string of the molecule is Cc1ocnc1C(=O)N1CCCC(C(=O)CCc2ccccc2)C1. The molecule has 0 bridgehead atoms. The lowest BCUT2D eigenvalue weighted by atomic mass is 9.90. The summed E-state index contributed by atoms with van der Waals surface area (Å²) in [6.45, 7) is 2.89. The van der Waals surface area contributed by atoms with E-state index in [0.29, 0.717) is 31.0 Å². The van der Waals surface area contributed by atoms with Crippen LogP contribution in [0, 0.1) is 12.8 Å². The van der Waals surface area contributed by atoms with Gasteiger partial charge in [0.05, 0.1) is 0 Å². The van der Waals surface area contributed by atoms with Gasteiger partial charge in [0, 0.05) is 25.4 Å². The first-order valence-corrected chi connectivity index (χ1v) is 8.41. The van der Waals surface area contributed by atoms with Crippen molar-refractivity contribution in [3.8, 4) is 0 Å². The summed E-state index contributed by atoms with van der Waals surface area (Å²) in [7, 11) is 0. The lowest BCUT2D eigenvalue weighted by molar-refractivity contribution is -0.124. The Balaban J connectivity index is 1.58. The monoisotopic (exact) mass is 326 g/mol. The predicted octanol–water partition coefficient (Wildman–Crippen LogP) is 3.04. The minimum absolute atomic E-state index is 0.0707. The Morgan fingerprint density at radius 2 is 2.08 bits per heavy atom. The molecule has 1 aliphatic heterocycles. The lowest BCUT2D eigenvalue weighted by Gasteiger charge is -2.31. The van der Waals surface area contributed by atoms with Crippen LogP contribution in [0.2, 0.25) is 0 Å². The maximum absolute atomic E-state index is 12.5. The van der Waals surface area contributed by atoms with Gasteiger partial charge in [0.1, 0.15) is 11.5 Å². The number of hydrogen-bond donors (Lipinski definition) is 0. The molecule has 2 heterocycles. The average Bonchev–Trinajstić information content (AvgIpc) is 3.06. The fourth-order valence-electron chi connectivity index (χ4n) is 3.20. The van der Waals surface area contributed by atoms with E-state index in [9.17, 15) is 9.59 Å². The van der Waals surface area contributed by atoms with Crippen LogP contribution in [0.3, 0.4) is 0 Å². The third-order valence-corrected chi connectivity index (χ3v) is 4.61. The van der Waals surface area contributed by atoms with Gasteiger partial charge in [0.2, 0.25) is 0 Å². The minimum Gasteiger partial charge on any atom is -0.448 e. The van der Waals surface area contributed by atoms with E-state index < -0.39 is 0 Å². The normalized spacial score (nSPS) is 17.7. The molecule has 0 aliphatic carbocycles. The molecule has 5 heteroatoms. The van der Waals surface area contributed by atoms with Gasteiger partial charge in [0.25, 0.3) is 5.91 Å². The third kappa shape index (κ3) is 3.72. The van der Waals surface area contributed by atoms with Gasteiger partial charge >= 0.3 is 0 Å². The Morgan fingerprint density at radius 3 is 2.79 bits per heavy atom. The highest BCUT2D eigenvalue weighted by molar-refractivity contribution is 5.93. The third-order valence-electron chi connectivity index (χ3n) is 4.61. The number of carbonyl (C=O) groups excluding carboxylic acids is 2. The number of benzene rings is 1. The van der Waals surface area contributed by atoms with Crippen molar-refractivity contribution in [3.63, 3.8) is 0 Å². The second-order valence-electron chi connectivity index (χ2n) is 6.30. The van der Waals surface area contributed by atoms with E-state index in [1.54, 1.807) is 11.8 Å². The number of ketones is 1. The van der Waals surface area contributed by atoms with Gasteiger partial charge in [-0.3, -0.25) is 9.59 Å². The number of carbonyl (C=O) groups is 2. The van der Waals surface area contributed by atoms with E-state index in [1.165, 1.54) is 12.0 Å². The molecule has 1 saturated heterocycles. The highest BCUT2D eigenvalue weighted by Gasteiger charge is 2.30. The number of nitrogens with zero attached hydrogens (tertiary/aromatic N) is 2. The molecule has 24 heavy (non-hydrogen) atoms. The lowest BCUT2D eigenvalue weighted by Crippen LogP contribution is -2.42. The van der Waals surface area contributed by atoms with Gasteiger partial charge in [-0.25, -0.2) is 4.98 Å². The van der Waals surface area contributed by atoms with E-state index in [2.05, 4.69) is 4.98 Å². The predicted molar refractivity (Wildman–Crippen MR) is 89.6 cm³/mol. The number of amides is 1. The van der Waals surface area contributed by atoms with E-state index in [4.69, 9.17) is 4.42 Å². The van der Waals surface area contributed by atoms with Crippen molar-refractivity contribution in [2.45, 2.75) is 32.6 Å². The smallest absolute Gasteiger partial charge is 0.276 e. The second kappa shape index (κ2) is 7.43. The van der Waals surface area contributed by atoms with Crippen molar-refractivity contribution >= 4 is 11.7 Å². The van der Waals surface area contributed by atoms with Crippen LogP contribution in [-0.2, 0) is 11.2 Å². The molecule has 1 atom stereocenters. The molecule has 1 aromatic carbocycles. The van der Waals surface area contributed by atoms with E-state index >= 15 is 0 Å². The molecule has 1 aromatic heterocycles. The molecule has 3 rings (SSSR count). The number of likely N-dealkylation sites (tertiary alicyclic amines) is 1. The molecule has 0 N–H and O–H groups in total. The van der Waals surface area contributed by atoms with E-state index in [-0.39, 0.29) is 17.6 Å². The first-order valence-electron chi connectivity index (χ1n) is 8.41. The van der Waals surface area contributed by atoms with Crippen molar-refractivity contribution in [1.82, 2.24) is 9.88 Å². The molecule has 0 saturated carbocycles. The summed E-state index contributed by atoms with van der Waals surface area (Å²) in [5.41, 5.74) is 1.53. The average molecular weight is 326 g/mol. The molecule has 1 fully saturated rings. The Hall–Kier alpha value is -2.43. The Kier molecular flexibility index (Phi) is 5.08. The number of rotatable bonds is 5. The topological polar surface area (TPSA) is 63.4 Å². The molecule has 0 radical (unpaired) electrons. The van der Waals surface area contributed by atoms with Gasteiger partial charge < -0.3 is 9.32 Å². The summed E-state index contributed by atoms with van der Waals surface area (Å²) in [6, 6.07) is 10.0. The summed E-state index contributed by atoms with van der Waals surface area (Å²) >= 11 is 0. The fraction of sp³-hybridized carbons (Fsp3) is 0.421. The number of Topliss-reactive ketones (excluding diaryl/α,β-unsaturated/α-hetero) is 1. The van der Waals surface area contributed by atoms with Crippen LogP contribution in [0.25, 0.3) is 0 Å². The summed E-state index contributed by atoms with van der Waals surface area (Å²) in [4.78, 5) is 30.8. The standard InChI is InChI=1S/C19H22N2O3/c1-14-18(20-13-24-14)19(23)21-11-5-8-16(12-21)17(22)10-9-15-6-3-2-4-7-15/h2-4,6-7,13,16H,5,8-12H2,1H3. The van der Waals surface area contributed by atoms with Crippen LogP contribution < -0.4 is 0 Å². The largest absolute Gasteiger partial charge is 0.448 e. The number of hydrogen-bond acceptors (Lipinski definition) is 4. The summed E-state index contributed by atoms with van der Waals surface area (Å²) < 4.78 is 5.11. The number of piperidine rings is 1. The second-order valence-corrected chi connectivity index (χ2v) is 6.30. The fourth-order valence-corrected chi connectivity index (χ4v) is 3.20. The van der Waals surface area contributed by atoms with Crippen molar-refractivity contribution in [3.05, 3.63) is 53.7 Å². The first-order chi connectivity index (χ1) is 11.6. The van der Waals surface area contributed by atoms with Crippen LogP contribution in [0.5, 0.6) is 0 Å².